The topological polar surface area (TPSA) is 51.8 Å². The number of furan rings is 1. The molecule has 0 aliphatic heterocycles. The number of benzene rings is 7. The molecule has 0 atom stereocenters. The van der Waals surface area contributed by atoms with Gasteiger partial charge in [0.1, 0.15) is 11.3 Å². The molecule has 9 aromatic rings. The van der Waals surface area contributed by atoms with Gasteiger partial charge >= 0.3 is 0 Å². The molecular formula is C48H31N3O. The van der Waals surface area contributed by atoms with Gasteiger partial charge in [0.15, 0.2) is 17.5 Å². The van der Waals surface area contributed by atoms with Crippen LogP contribution < -0.4 is 0 Å². The molecule has 0 unspecified atom stereocenters. The molecule has 0 fully saturated rings. The normalized spacial score (nSPS) is 12.6. The molecule has 0 radical (unpaired) electrons. The summed E-state index contributed by atoms with van der Waals surface area (Å²) in [5, 5.41) is 5.88. The molecule has 0 saturated carbocycles. The van der Waals surface area contributed by atoms with Crippen molar-refractivity contribution in [1.82, 2.24) is 15.0 Å². The third kappa shape index (κ3) is 5.38. The molecule has 10 rings (SSSR count). The van der Waals surface area contributed by atoms with Gasteiger partial charge in [0, 0.05) is 33.2 Å². The lowest BCUT2D eigenvalue weighted by Gasteiger charge is -2.11. The monoisotopic (exact) mass is 665 g/mol. The van der Waals surface area contributed by atoms with E-state index in [9.17, 15) is 0 Å². The second-order valence-electron chi connectivity index (χ2n) is 13.2. The van der Waals surface area contributed by atoms with Gasteiger partial charge in [0.2, 0.25) is 0 Å². The van der Waals surface area contributed by atoms with E-state index in [0.717, 1.165) is 61.2 Å². The summed E-state index contributed by atoms with van der Waals surface area (Å²) in [5.74, 6) is 2.77. The Kier molecular flexibility index (Phi) is 7.17. The average Bonchev–Trinajstić information content (AvgIpc) is 3.42. The summed E-state index contributed by atoms with van der Waals surface area (Å²) in [4.78, 5) is 15.1. The highest BCUT2D eigenvalue weighted by Gasteiger charge is 2.21. The van der Waals surface area contributed by atoms with Crippen molar-refractivity contribution in [3.05, 3.63) is 181 Å². The quantitative estimate of drug-likeness (QED) is 0.184. The van der Waals surface area contributed by atoms with E-state index in [4.69, 9.17) is 19.4 Å². The predicted molar refractivity (Wildman–Crippen MR) is 214 cm³/mol. The van der Waals surface area contributed by atoms with Crippen LogP contribution in [0.4, 0.5) is 0 Å². The van der Waals surface area contributed by atoms with Crippen LogP contribution in [0.25, 0.3) is 95.3 Å². The van der Waals surface area contributed by atoms with E-state index < -0.39 is 0 Å². The van der Waals surface area contributed by atoms with Gasteiger partial charge in [0.25, 0.3) is 0 Å². The molecule has 2 aromatic heterocycles. The molecule has 7 aromatic carbocycles. The lowest BCUT2D eigenvalue weighted by atomic mass is 9.93. The zero-order chi connectivity index (χ0) is 34.4. The number of hydrogen-bond acceptors (Lipinski definition) is 4. The minimum Gasteiger partial charge on any atom is -0.455 e. The van der Waals surface area contributed by atoms with E-state index in [1.54, 1.807) is 0 Å². The fraction of sp³-hybridized carbons (Fsp3) is 0.0208. The van der Waals surface area contributed by atoms with Gasteiger partial charge in [-0.3, -0.25) is 0 Å². The van der Waals surface area contributed by atoms with Crippen molar-refractivity contribution in [1.29, 1.82) is 0 Å². The summed E-state index contributed by atoms with van der Waals surface area (Å²) in [5.41, 5.74) is 9.23. The Morgan fingerprint density at radius 1 is 0.442 bits per heavy atom. The molecule has 0 spiro atoms. The Morgan fingerprint density at radius 2 is 1.00 bits per heavy atom. The fourth-order valence-electron chi connectivity index (χ4n) is 7.25. The Bertz CT molecular complexity index is 2810. The van der Waals surface area contributed by atoms with Gasteiger partial charge in [-0.1, -0.05) is 140 Å². The van der Waals surface area contributed by atoms with Crippen molar-refractivity contribution in [3.63, 3.8) is 0 Å². The Hall–Kier alpha value is -6.91. The van der Waals surface area contributed by atoms with Crippen LogP contribution >= 0.6 is 0 Å². The second kappa shape index (κ2) is 12.4. The first-order valence-electron chi connectivity index (χ1n) is 17.6. The number of fused-ring (bicyclic) bond motifs is 5. The third-order valence-electron chi connectivity index (χ3n) is 9.91. The smallest absolute Gasteiger partial charge is 0.164 e. The molecule has 0 bridgehead atoms. The van der Waals surface area contributed by atoms with Gasteiger partial charge in [-0.05, 0) is 81.1 Å². The van der Waals surface area contributed by atoms with E-state index in [0.29, 0.717) is 23.9 Å². The first-order chi connectivity index (χ1) is 25.7. The van der Waals surface area contributed by atoms with Crippen LogP contribution in [0.15, 0.2) is 168 Å². The summed E-state index contributed by atoms with van der Waals surface area (Å²) in [6.07, 6.45) is 7.11. The first-order valence-corrected chi connectivity index (χ1v) is 17.6. The lowest BCUT2D eigenvalue weighted by Crippen LogP contribution is -2.02. The van der Waals surface area contributed by atoms with E-state index in [-0.39, 0.29) is 0 Å². The number of rotatable bonds is 5. The molecule has 52 heavy (non-hydrogen) atoms. The number of nitrogens with zero attached hydrogens (tertiary/aromatic N) is 3. The van der Waals surface area contributed by atoms with Crippen LogP contribution in [0.5, 0.6) is 0 Å². The molecule has 4 nitrogen and oxygen atoms in total. The largest absolute Gasteiger partial charge is 0.455 e. The van der Waals surface area contributed by atoms with Crippen molar-refractivity contribution < 1.29 is 4.42 Å². The Labute approximate surface area is 301 Å². The SMILES string of the molecule is C1=Cc2oc3c(-c4ccc5ccccc5c4)cc(-c4ccc5ccccc5c4)cc3c2C=C(c2nc(-c3ccccc3)nc(-c3ccccc3)n2)C1. The Morgan fingerprint density at radius 3 is 1.65 bits per heavy atom. The van der Waals surface area contributed by atoms with E-state index in [2.05, 4.69) is 115 Å². The fourth-order valence-corrected chi connectivity index (χ4v) is 7.25. The standard InChI is InChI=1S/C48H31N3O/c1-3-14-33(15-4-1)46-49-47(34-16-5-2-6-17-34)51-48(50-46)39-20-11-21-44-42(28-39)43-30-40(37-24-22-31-12-7-9-18-35(31)26-37)29-41(45(43)52-44)38-25-23-32-13-8-10-19-36(32)27-38/h1-19,21-30H,20H2. The maximum atomic E-state index is 6.81. The summed E-state index contributed by atoms with van der Waals surface area (Å²) in [6, 6.07) is 55.1. The highest BCUT2D eigenvalue weighted by atomic mass is 16.3. The highest BCUT2D eigenvalue weighted by molar-refractivity contribution is 6.06. The highest BCUT2D eigenvalue weighted by Crippen LogP contribution is 2.42. The maximum Gasteiger partial charge on any atom is 0.164 e. The zero-order valence-electron chi connectivity index (χ0n) is 28.2. The molecule has 244 valence electrons. The van der Waals surface area contributed by atoms with Crippen LogP contribution in [-0.2, 0) is 0 Å². The molecule has 1 aliphatic carbocycles. The van der Waals surface area contributed by atoms with Gasteiger partial charge < -0.3 is 4.42 Å². The summed E-state index contributed by atoms with van der Waals surface area (Å²) >= 11 is 0. The van der Waals surface area contributed by atoms with Gasteiger partial charge in [0.05, 0.1) is 0 Å². The maximum absolute atomic E-state index is 6.81. The third-order valence-corrected chi connectivity index (χ3v) is 9.91. The number of allylic oxidation sites excluding steroid dienone is 2. The van der Waals surface area contributed by atoms with E-state index in [1.165, 1.54) is 21.5 Å². The molecular weight excluding hydrogens is 635 g/mol. The van der Waals surface area contributed by atoms with Crippen LogP contribution in [0.3, 0.4) is 0 Å². The summed E-state index contributed by atoms with van der Waals surface area (Å²) in [7, 11) is 0. The minimum absolute atomic E-state index is 0.646. The van der Waals surface area contributed by atoms with Crippen LogP contribution in [0, 0.1) is 0 Å². The molecule has 0 N–H and O–H groups in total. The van der Waals surface area contributed by atoms with Gasteiger partial charge in [-0.25, -0.2) is 15.0 Å². The molecule has 1 aliphatic rings. The first kappa shape index (κ1) is 30.0. The van der Waals surface area contributed by atoms with Crippen molar-refractivity contribution in [2.45, 2.75) is 6.42 Å². The van der Waals surface area contributed by atoms with Crippen molar-refractivity contribution in [3.8, 4) is 45.0 Å². The second-order valence-corrected chi connectivity index (χ2v) is 13.2. The summed E-state index contributed by atoms with van der Waals surface area (Å²) in [6.45, 7) is 0. The molecule has 0 saturated heterocycles. The van der Waals surface area contributed by atoms with Crippen LogP contribution in [0.1, 0.15) is 23.6 Å². The van der Waals surface area contributed by atoms with E-state index in [1.807, 2.05) is 60.7 Å². The molecule has 4 heteroatoms. The van der Waals surface area contributed by atoms with E-state index >= 15 is 0 Å². The van der Waals surface area contributed by atoms with Gasteiger partial charge in [-0.2, -0.15) is 0 Å². The molecule has 0 amide bonds. The van der Waals surface area contributed by atoms with Gasteiger partial charge in [-0.15, -0.1) is 0 Å². The number of aromatic nitrogens is 3. The summed E-state index contributed by atoms with van der Waals surface area (Å²) < 4.78 is 6.81. The number of hydrogen-bond donors (Lipinski definition) is 0. The van der Waals surface area contributed by atoms with Crippen LogP contribution in [0.2, 0.25) is 0 Å². The zero-order valence-corrected chi connectivity index (χ0v) is 28.2. The predicted octanol–water partition coefficient (Wildman–Crippen LogP) is 12.5. The molecule has 2 heterocycles. The van der Waals surface area contributed by atoms with Crippen LogP contribution in [-0.4, -0.2) is 15.0 Å². The van der Waals surface area contributed by atoms with Crippen molar-refractivity contribution in [2.75, 3.05) is 0 Å². The Balaban J connectivity index is 1.20. The minimum atomic E-state index is 0.646. The average molecular weight is 666 g/mol. The lowest BCUT2D eigenvalue weighted by molar-refractivity contribution is 0.604. The van der Waals surface area contributed by atoms with Crippen molar-refractivity contribution in [2.24, 2.45) is 0 Å². The van der Waals surface area contributed by atoms with Crippen molar-refractivity contribution >= 4 is 50.2 Å².